The van der Waals surface area contributed by atoms with Crippen LogP contribution < -0.4 is 5.73 Å². The summed E-state index contributed by atoms with van der Waals surface area (Å²) in [5.74, 6) is 0.744. The third-order valence-corrected chi connectivity index (χ3v) is 3.46. The quantitative estimate of drug-likeness (QED) is 0.484. The molecule has 74 valence electrons. The largest absolute Gasteiger partial charge is 0.388 e. The van der Waals surface area contributed by atoms with E-state index in [4.69, 9.17) is 5.73 Å². The van der Waals surface area contributed by atoms with Gasteiger partial charge in [0.2, 0.25) is 0 Å². The van der Waals surface area contributed by atoms with Crippen molar-refractivity contribution in [1.29, 1.82) is 0 Å². The number of piperidine rings is 1. The van der Waals surface area contributed by atoms with Gasteiger partial charge < -0.3 is 10.6 Å². The summed E-state index contributed by atoms with van der Waals surface area (Å²) in [6, 6.07) is 2.04. The molecule has 2 atom stereocenters. The number of amidine groups is 1. The van der Waals surface area contributed by atoms with E-state index in [1.807, 2.05) is 6.92 Å². The standard InChI is InChI=1S/C10H19N3/c1-7(11)12-8-5-9-3-4-10(6-8)13(9)2/h8-10H,3-6H2,1-2H3,(H2,11,12). The maximum Gasteiger partial charge on any atom is 0.0909 e. The molecular weight excluding hydrogens is 162 g/mol. The van der Waals surface area contributed by atoms with E-state index in [1.54, 1.807) is 0 Å². The molecular formula is C10H19N3. The third kappa shape index (κ3) is 1.70. The van der Waals surface area contributed by atoms with Gasteiger partial charge in [0.15, 0.2) is 0 Å². The highest BCUT2D eigenvalue weighted by Gasteiger charge is 2.38. The summed E-state index contributed by atoms with van der Waals surface area (Å²) in [4.78, 5) is 7.01. The zero-order valence-electron chi connectivity index (χ0n) is 8.53. The van der Waals surface area contributed by atoms with E-state index in [0.29, 0.717) is 6.04 Å². The van der Waals surface area contributed by atoms with Crippen LogP contribution in [0.1, 0.15) is 32.6 Å². The fourth-order valence-corrected chi connectivity index (χ4v) is 2.78. The van der Waals surface area contributed by atoms with Crippen molar-refractivity contribution in [1.82, 2.24) is 4.90 Å². The Bertz CT molecular complexity index is 206. The molecule has 0 spiro atoms. The lowest BCUT2D eigenvalue weighted by Gasteiger charge is -2.34. The fourth-order valence-electron chi connectivity index (χ4n) is 2.78. The molecule has 2 aliphatic heterocycles. The molecule has 2 fully saturated rings. The van der Waals surface area contributed by atoms with Gasteiger partial charge in [0, 0.05) is 12.1 Å². The molecule has 2 unspecified atom stereocenters. The van der Waals surface area contributed by atoms with E-state index in [9.17, 15) is 0 Å². The first-order valence-corrected chi connectivity index (χ1v) is 5.18. The van der Waals surface area contributed by atoms with E-state index in [2.05, 4.69) is 16.9 Å². The second kappa shape index (κ2) is 3.29. The van der Waals surface area contributed by atoms with Crippen LogP contribution in [0.25, 0.3) is 0 Å². The second-order valence-electron chi connectivity index (χ2n) is 4.45. The SMILES string of the molecule is CC(N)=NC1CC2CCC(C1)N2C. The highest BCUT2D eigenvalue weighted by atomic mass is 15.2. The molecule has 3 heteroatoms. The van der Waals surface area contributed by atoms with Gasteiger partial charge in [-0.15, -0.1) is 0 Å². The molecule has 2 aliphatic rings. The lowest BCUT2D eigenvalue weighted by Crippen LogP contribution is -2.41. The molecule has 2 N–H and O–H groups in total. The summed E-state index contributed by atoms with van der Waals surface area (Å²) in [5.41, 5.74) is 5.61. The van der Waals surface area contributed by atoms with Gasteiger partial charge in [-0.2, -0.15) is 0 Å². The Labute approximate surface area is 80.0 Å². The van der Waals surface area contributed by atoms with Crippen LogP contribution in [0.5, 0.6) is 0 Å². The van der Waals surface area contributed by atoms with Gasteiger partial charge in [0.25, 0.3) is 0 Å². The van der Waals surface area contributed by atoms with Gasteiger partial charge in [-0.25, -0.2) is 0 Å². The normalized spacial score (nSPS) is 41.1. The Hall–Kier alpha value is -0.570. The first-order valence-electron chi connectivity index (χ1n) is 5.18. The predicted molar refractivity (Wildman–Crippen MR) is 54.9 cm³/mol. The number of nitrogens with zero attached hydrogens (tertiary/aromatic N) is 2. The molecule has 0 aromatic carbocycles. The Kier molecular flexibility index (Phi) is 2.28. The van der Waals surface area contributed by atoms with Crippen LogP contribution in [0.4, 0.5) is 0 Å². The van der Waals surface area contributed by atoms with Gasteiger partial charge in [-0.05, 0) is 39.7 Å². The van der Waals surface area contributed by atoms with E-state index < -0.39 is 0 Å². The van der Waals surface area contributed by atoms with Crippen molar-refractivity contribution in [3.63, 3.8) is 0 Å². The smallest absolute Gasteiger partial charge is 0.0909 e. The Morgan fingerprint density at radius 1 is 1.31 bits per heavy atom. The number of hydrogen-bond donors (Lipinski definition) is 1. The van der Waals surface area contributed by atoms with Crippen molar-refractivity contribution < 1.29 is 0 Å². The summed E-state index contributed by atoms with van der Waals surface area (Å²) >= 11 is 0. The van der Waals surface area contributed by atoms with Crippen LogP contribution in [0, 0.1) is 0 Å². The lowest BCUT2D eigenvalue weighted by atomic mass is 9.99. The molecule has 0 aromatic heterocycles. The Morgan fingerprint density at radius 2 is 1.85 bits per heavy atom. The monoisotopic (exact) mass is 181 g/mol. The minimum absolute atomic E-state index is 0.499. The van der Waals surface area contributed by atoms with Crippen molar-refractivity contribution in [2.45, 2.75) is 50.7 Å². The van der Waals surface area contributed by atoms with Crippen LogP contribution in [0.3, 0.4) is 0 Å². The summed E-state index contributed by atoms with van der Waals surface area (Å²) in [6.07, 6.45) is 5.14. The van der Waals surface area contributed by atoms with Crippen molar-refractivity contribution in [2.75, 3.05) is 7.05 Å². The highest BCUT2D eigenvalue weighted by molar-refractivity contribution is 5.77. The third-order valence-electron chi connectivity index (χ3n) is 3.46. The average molecular weight is 181 g/mol. The van der Waals surface area contributed by atoms with Crippen molar-refractivity contribution in [3.05, 3.63) is 0 Å². The molecule has 0 radical (unpaired) electrons. The number of aliphatic imine (C=N–C) groups is 1. The van der Waals surface area contributed by atoms with Gasteiger partial charge >= 0.3 is 0 Å². The van der Waals surface area contributed by atoms with Gasteiger partial charge in [0.1, 0.15) is 0 Å². The number of rotatable bonds is 1. The first kappa shape index (κ1) is 9.00. The highest BCUT2D eigenvalue weighted by Crippen LogP contribution is 2.35. The first-order chi connectivity index (χ1) is 6.16. The van der Waals surface area contributed by atoms with Gasteiger partial charge in [0.05, 0.1) is 11.9 Å². The number of nitrogens with two attached hydrogens (primary N) is 1. The average Bonchev–Trinajstić information content (AvgIpc) is 2.33. The minimum Gasteiger partial charge on any atom is -0.388 e. The fraction of sp³-hybridized carbons (Fsp3) is 0.900. The predicted octanol–water partition coefficient (Wildman–Crippen LogP) is 0.989. The number of fused-ring (bicyclic) bond motifs is 2. The molecule has 0 amide bonds. The van der Waals surface area contributed by atoms with E-state index in [1.165, 1.54) is 25.7 Å². The van der Waals surface area contributed by atoms with E-state index in [-0.39, 0.29) is 0 Å². The summed E-state index contributed by atoms with van der Waals surface area (Å²) in [7, 11) is 2.25. The lowest BCUT2D eigenvalue weighted by molar-refractivity contribution is 0.163. The Balaban J connectivity index is 2.03. The molecule has 13 heavy (non-hydrogen) atoms. The second-order valence-corrected chi connectivity index (χ2v) is 4.45. The van der Waals surface area contributed by atoms with Crippen LogP contribution in [-0.2, 0) is 0 Å². The zero-order chi connectivity index (χ0) is 9.42. The topological polar surface area (TPSA) is 41.6 Å². The maximum absolute atomic E-state index is 5.61. The molecule has 2 rings (SSSR count). The van der Waals surface area contributed by atoms with Crippen molar-refractivity contribution >= 4 is 5.84 Å². The molecule has 3 nitrogen and oxygen atoms in total. The van der Waals surface area contributed by atoms with E-state index >= 15 is 0 Å². The zero-order valence-corrected chi connectivity index (χ0v) is 8.53. The van der Waals surface area contributed by atoms with Gasteiger partial charge in [-0.3, -0.25) is 4.99 Å². The summed E-state index contributed by atoms with van der Waals surface area (Å²) in [6.45, 7) is 1.89. The van der Waals surface area contributed by atoms with Crippen LogP contribution in [0.15, 0.2) is 4.99 Å². The van der Waals surface area contributed by atoms with Crippen LogP contribution in [-0.4, -0.2) is 35.9 Å². The van der Waals surface area contributed by atoms with Gasteiger partial charge in [-0.1, -0.05) is 0 Å². The number of hydrogen-bond acceptors (Lipinski definition) is 2. The molecule has 2 heterocycles. The van der Waals surface area contributed by atoms with E-state index in [0.717, 1.165) is 17.9 Å². The molecule has 0 aromatic rings. The van der Waals surface area contributed by atoms with Crippen LogP contribution >= 0.6 is 0 Å². The van der Waals surface area contributed by atoms with Crippen molar-refractivity contribution in [3.8, 4) is 0 Å². The Morgan fingerprint density at radius 3 is 2.31 bits per heavy atom. The van der Waals surface area contributed by atoms with Crippen LogP contribution in [0.2, 0.25) is 0 Å². The maximum atomic E-state index is 5.61. The minimum atomic E-state index is 0.499. The summed E-state index contributed by atoms with van der Waals surface area (Å²) < 4.78 is 0. The molecule has 0 saturated carbocycles. The summed E-state index contributed by atoms with van der Waals surface area (Å²) in [5, 5.41) is 0. The van der Waals surface area contributed by atoms with Crippen molar-refractivity contribution in [2.24, 2.45) is 10.7 Å². The molecule has 2 saturated heterocycles. The molecule has 2 bridgehead atoms. The molecule has 0 aliphatic carbocycles.